The van der Waals surface area contributed by atoms with Gasteiger partial charge in [-0.2, -0.15) is 4.91 Å². The van der Waals surface area contributed by atoms with Gasteiger partial charge in [0.25, 0.3) is 5.24 Å². The quantitative estimate of drug-likeness (QED) is 0.666. The lowest BCUT2D eigenvalue weighted by Crippen LogP contribution is -2.39. The molecule has 8 heteroatoms. The average molecular weight is 387 g/mol. The summed E-state index contributed by atoms with van der Waals surface area (Å²) in [6.07, 6.45) is 7.23. The summed E-state index contributed by atoms with van der Waals surface area (Å²) in [5.74, 6) is 0.370. The summed E-state index contributed by atoms with van der Waals surface area (Å²) in [4.78, 5) is 34.0. The smallest absolute Gasteiger partial charge is 0.286 e. The molecule has 0 radical (unpaired) electrons. The molecule has 2 aliphatic heterocycles. The van der Waals surface area contributed by atoms with Gasteiger partial charge in [-0.3, -0.25) is 14.9 Å². The summed E-state index contributed by atoms with van der Waals surface area (Å²) in [5.41, 5.74) is 2.10. The summed E-state index contributed by atoms with van der Waals surface area (Å²) in [6.45, 7) is 2.23. The lowest BCUT2D eigenvalue weighted by Gasteiger charge is -2.22. The fraction of sp³-hybridized carbons (Fsp3) is 0.368. The van der Waals surface area contributed by atoms with E-state index in [1.807, 2.05) is 30.5 Å². The van der Waals surface area contributed by atoms with Gasteiger partial charge in [-0.05, 0) is 36.1 Å². The maximum atomic E-state index is 11.6. The molecule has 1 saturated heterocycles. The zero-order chi connectivity index (χ0) is 19.2. The molecular weight excluding hydrogens is 366 g/mol. The van der Waals surface area contributed by atoms with Crippen LogP contribution in [0.3, 0.4) is 0 Å². The van der Waals surface area contributed by atoms with E-state index in [4.69, 9.17) is 4.74 Å². The summed E-state index contributed by atoms with van der Waals surface area (Å²) in [7, 11) is 0. The van der Waals surface area contributed by atoms with Crippen molar-refractivity contribution >= 4 is 22.9 Å². The van der Waals surface area contributed by atoms with Crippen molar-refractivity contribution in [3.8, 4) is 5.75 Å². The van der Waals surface area contributed by atoms with Gasteiger partial charge in [-0.1, -0.05) is 48.1 Å². The molecule has 0 aromatic heterocycles. The normalized spacial score (nSPS) is 22.6. The Morgan fingerprint density at radius 3 is 2.59 bits per heavy atom. The Bertz CT molecular complexity index is 776. The number of benzene rings is 1. The number of nitrogens with one attached hydrogen (secondary N) is 2. The van der Waals surface area contributed by atoms with Crippen LogP contribution in [-0.4, -0.2) is 35.1 Å². The third kappa shape index (κ3) is 4.97. The van der Waals surface area contributed by atoms with Crippen molar-refractivity contribution < 1.29 is 14.3 Å². The van der Waals surface area contributed by atoms with Crippen molar-refractivity contribution in [2.75, 3.05) is 6.61 Å². The zero-order valence-electron chi connectivity index (χ0n) is 14.9. The number of hydrogen-bond donors (Lipinski definition) is 2. The van der Waals surface area contributed by atoms with Crippen LogP contribution in [0.15, 0.2) is 53.4 Å². The number of ether oxygens (including phenoxy) is 1. The van der Waals surface area contributed by atoms with Crippen LogP contribution < -0.4 is 15.4 Å². The number of amides is 2. The van der Waals surface area contributed by atoms with Gasteiger partial charge >= 0.3 is 0 Å². The Hall–Kier alpha value is -2.61. The van der Waals surface area contributed by atoms with Crippen molar-refractivity contribution in [1.82, 2.24) is 10.6 Å². The van der Waals surface area contributed by atoms with E-state index in [-0.39, 0.29) is 23.8 Å². The minimum Gasteiger partial charge on any atom is -0.491 e. The van der Waals surface area contributed by atoms with Crippen LogP contribution in [0.5, 0.6) is 5.75 Å². The maximum absolute atomic E-state index is 11.6. The van der Waals surface area contributed by atoms with E-state index in [1.165, 1.54) is 5.57 Å². The van der Waals surface area contributed by atoms with E-state index in [0.29, 0.717) is 12.2 Å². The van der Waals surface area contributed by atoms with Crippen LogP contribution in [0.25, 0.3) is 0 Å². The van der Waals surface area contributed by atoms with E-state index in [9.17, 15) is 14.5 Å². The minimum absolute atomic E-state index is 0.162. The molecule has 1 aromatic carbocycles. The third-order valence-corrected chi connectivity index (χ3v) is 5.45. The molecule has 2 unspecified atom stereocenters. The molecule has 1 fully saturated rings. The number of hydrogen-bond acceptors (Lipinski definition) is 7. The lowest BCUT2D eigenvalue weighted by molar-refractivity contribution is -0.118. The van der Waals surface area contributed by atoms with E-state index in [2.05, 4.69) is 22.7 Å². The number of dihydropyridines is 1. The molecule has 0 aliphatic carbocycles. The largest absolute Gasteiger partial charge is 0.491 e. The topological polar surface area (TPSA) is 96.9 Å². The second kappa shape index (κ2) is 8.85. The molecule has 1 aromatic rings. The van der Waals surface area contributed by atoms with Crippen molar-refractivity contribution in [2.24, 2.45) is 5.18 Å². The number of allylic oxidation sites excluding steroid dienone is 2. The summed E-state index contributed by atoms with van der Waals surface area (Å²) < 4.78 is 5.70. The second-order valence-electron chi connectivity index (χ2n) is 6.34. The Labute approximate surface area is 161 Å². The second-order valence-corrected chi connectivity index (χ2v) is 7.51. The number of thioether (sulfide) groups is 1. The first-order chi connectivity index (χ1) is 13.1. The van der Waals surface area contributed by atoms with Crippen LogP contribution in [0, 0.1) is 4.91 Å². The van der Waals surface area contributed by atoms with Gasteiger partial charge in [-0.25, -0.2) is 0 Å². The first kappa shape index (κ1) is 19.2. The lowest BCUT2D eigenvalue weighted by atomic mass is 10.0. The van der Waals surface area contributed by atoms with Gasteiger partial charge in [0.2, 0.25) is 5.91 Å². The van der Waals surface area contributed by atoms with Crippen molar-refractivity contribution in [3.05, 3.63) is 58.7 Å². The van der Waals surface area contributed by atoms with Crippen LogP contribution in [0.4, 0.5) is 4.79 Å². The average Bonchev–Trinajstić information content (AvgIpc) is 3.01. The van der Waals surface area contributed by atoms with Crippen molar-refractivity contribution in [3.63, 3.8) is 0 Å². The molecule has 27 heavy (non-hydrogen) atoms. The molecule has 2 amide bonds. The Kier molecular flexibility index (Phi) is 6.28. The number of nitroso groups, excluding NO2 is 1. The molecule has 3 atom stereocenters. The Morgan fingerprint density at radius 1 is 1.26 bits per heavy atom. The van der Waals surface area contributed by atoms with E-state index in [1.54, 1.807) is 12.1 Å². The predicted molar refractivity (Wildman–Crippen MR) is 105 cm³/mol. The summed E-state index contributed by atoms with van der Waals surface area (Å²) >= 11 is 1.01. The standard InChI is InChI=1S/C19H21N3O4S/c1-2-12-5-8-15(20-10-12)16(22-25)11-26-14-6-3-13(4-7-14)9-17-18(23)21-19(24)27-17/h3-8,10,15-17,20H,2,9,11H2,1H3,(H,21,23,24)/t15?,16-,17?/m1/s1. The first-order valence-corrected chi connectivity index (χ1v) is 9.66. The molecule has 2 heterocycles. The van der Waals surface area contributed by atoms with Crippen molar-refractivity contribution in [1.29, 1.82) is 0 Å². The van der Waals surface area contributed by atoms with Gasteiger partial charge in [-0.15, -0.1) is 0 Å². The zero-order valence-corrected chi connectivity index (χ0v) is 15.7. The molecule has 0 saturated carbocycles. The molecule has 0 spiro atoms. The summed E-state index contributed by atoms with van der Waals surface area (Å²) in [5, 5.41) is 7.94. The van der Waals surface area contributed by atoms with Crippen LogP contribution >= 0.6 is 11.8 Å². The SMILES string of the molecule is CCC1=CNC([C@@H](COc2ccc(CC3SC(=O)NC3=O)cc2)N=O)C=C1. The van der Waals surface area contributed by atoms with Gasteiger partial charge in [0.15, 0.2) is 0 Å². The molecule has 142 valence electrons. The third-order valence-electron chi connectivity index (χ3n) is 4.47. The van der Waals surface area contributed by atoms with Gasteiger partial charge < -0.3 is 10.1 Å². The van der Waals surface area contributed by atoms with Crippen LogP contribution in [-0.2, 0) is 11.2 Å². The van der Waals surface area contributed by atoms with Crippen LogP contribution in [0.1, 0.15) is 18.9 Å². The molecule has 2 aliphatic rings. The van der Waals surface area contributed by atoms with Crippen LogP contribution in [0.2, 0.25) is 0 Å². The first-order valence-electron chi connectivity index (χ1n) is 8.78. The molecule has 3 rings (SSSR count). The number of imide groups is 1. The van der Waals surface area contributed by atoms with E-state index in [0.717, 1.165) is 23.7 Å². The number of nitrogens with zero attached hydrogens (tertiary/aromatic N) is 1. The highest BCUT2D eigenvalue weighted by Crippen LogP contribution is 2.24. The highest BCUT2D eigenvalue weighted by molar-refractivity contribution is 8.15. The molecule has 0 bridgehead atoms. The number of rotatable bonds is 8. The van der Waals surface area contributed by atoms with E-state index >= 15 is 0 Å². The fourth-order valence-corrected chi connectivity index (χ4v) is 3.70. The number of carbonyl (C=O) groups excluding carboxylic acids is 2. The fourth-order valence-electron chi connectivity index (χ4n) is 2.84. The Balaban J connectivity index is 1.51. The molecule has 2 N–H and O–H groups in total. The van der Waals surface area contributed by atoms with Gasteiger partial charge in [0.1, 0.15) is 18.4 Å². The maximum Gasteiger partial charge on any atom is 0.286 e. The molecular formula is C19H21N3O4S. The monoisotopic (exact) mass is 387 g/mol. The van der Waals surface area contributed by atoms with Gasteiger partial charge in [0.05, 0.1) is 11.3 Å². The number of carbonyl (C=O) groups is 2. The predicted octanol–water partition coefficient (Wildman–Crippen LogP) is 2.92. The highest BCUT2D eigenvalue weighted by atomic mass is 32.2. The van der Waals surface area contributed by atoms with E-state index < -0.39 is 11.3 Å². The Morgan fingerprint density at radius 2 is 2.04 bits per heavy atom. The summed E-state index contributed by atoms with van der Waals surface area (Å²) in [6, 6.07) is 6.55. The van der Waals surface area contributed by atoms with Crippen molar-refractivity contribution in [2.45, 2.75) is 37.1 Å². The minimum atomic E-state index is -0.542. The molecule has 7 nitrogen and oxygen atoms in total. The highest BCUT2D eigenvalue weighted by Gasteiger charge is 2.31. The van der Waals surface area contributed by atoms with Gasteiger partial charge in [0, 0.05) is 6.20 Å².